The summed E-state index contributed by atoms with van der Waals surface area (Å²) >= 11 is 0. The molecule has 0 aliphatic rings. The summed E-state index contributed by atoms with van der Waals surface area (Å²) in [7, 11) is 4.11. The largest absolute Gasteiger partial charge is 0.467 e. The van der Waals surface area contributed by atoms with Crippen LogP contribution in [-0.4, -0.2) is 32.1 Å². The molecule has 1 aromatic rings. The monoisotopic (exact) mass is 212 g/mol. The Kier molecular flexibility index (Phi) is 5.39. The summed E-state index contributed by atoms with van der Waals surface area (Å²) in [6.45, 7) is 2.86. The first-order valence-corrected chi connectivity index (χ1v) is 5.21. The first kappa shape index (κ1) is 12.2. The molecule has 0 aliphatic heterocycles. The van der Waals surface area contributed by atoms with Crippen LogP contribution in [-0.2, 0) is 17.9 Å². The molecule has 1 heterocycles. The van der Waals surface area contributed by atoms with Gasteiger partial charge in [0.25, 0.3) is 0 Å². The minimum Gasteiger partial charge on any atom is -0.467 e. The minimum atomic E-state index is 0.518. The smallest absolute Gasteiger partial charge is 0.129 e. The second kappa shape index (κ2) is 6.61. The Bertz CT molecular complexity index is 271. The summed E-state index contributed by atoms with van der Waals surface area (Å²) in [6, 6.07) is 1.94. The average Bonchev–Trinajstić information content (AvgIpc) is 2.65. The summed E-state index contributed by atoms with van der Waals surface area (Å²) in [5.41, 5.74) is 6.48. The molecule has 0 saturated carbocycles. The molecule has 1 aromatic heterocycles. The number of nitrogens with zero attached hydrogens (tertiary/aromatic N) is 1. The van der Waals surface area contributed by atoms with E-state index in [1.807, 2.05) is 6.07 Å². The Morgan fingerprint density at radius 3 is 2.87 bits per heavy atom. The van der Waals surface area contributed by atoms with Crippen LogP contribution in [0.3, 0.4) is 0 Å². The van der Waals surface area contributed by atoms with E-state index in [1.54, 1.807) is 6.26 Å². The van der Waals surface area contributed by atoms with Crippen molar-refractivity contribution in [1.29, 1.82) is 0 Å². The molecule has 0 fully saturated rings. The van der Waals surface area contributed by atoms with Crippen LogP contribution in [0.15, 0.2) is 16.7 Å². The lowest BCUT2D eigenvalue weighted by molar-refractivity contribution is 0.0994. The Labute approximate surface area is 91.0 Å². The zero-order valence-electron chi connectivity index (χ0n) is 9.53. The van der Waals surface area contributed by atoms with Gasteiger partial charge >= 0.3 is 0 Å². The molecule has 0 atom stereocenters. The Morgan fingerprint density at radius 2 is 2.27 bits per heavy atom. The molecule has 2 N–H and O–H groups in total. The van der Waals surface area contributed by atoms with Crippen molar-refractivity contribution in [2.24, 2.45) is 5.73 Å². The van der Waals surface area contributed by atoms with Gasteiger partial charge in [0.1, 0.15) is 12.4 Å². The summed E-state index contributed by atoms with van der Waals surface area (Å²) in [4.78, 5) is 2.14. The van der Waals surface area contributed by atoms with E-state index >= 15 is 0 Å². The second-order valence-electron chi connectivity index (χ2n) is 3.83. The van der Waals surface area contributed by atoms with Crippen LogP contribution >= 0.6 is 0 Å². The van der Waals surface area contributed by atoms with Gasteiger partial charge in [-0.3, -0.25) is 0 Å². The van der Waals surface area contributed by atoms with E-state index < -0.39 is 0 Å². The molecule has 0 bridgehead atoms. The molecule has 86 valence electrons. The van der Waals surface area contributed by atoms with Gasteiger partial charge in [0, 0.05) is 18.7 Å². The van der Waals surface area contributed by atoms with Crippen molar-refractivity contribution < 1.29 is 9.15 Å². The van der Waals surface area contributed by atoms with Crippen LogP contribution in [0, 0.1) is 0 Å². The van der Waals surface area contributed by atoms with Crippen molar-refractivity contribution >= 4 is 0 Å². The quantitative estimate of drug-likeness (QED) is 0.690. The van der Waals surface area contributed by atoms with E-state index in [4.69, 9.17) is 14.9 Å². The lowest BCUT2D eigenvalue weighted by Crippen LogP contribution is -2.14. The Hall–Kier alpha value is -0.840. The van der Waals surface area contributed by atoms with E-state index in [-0.39, 0.29) is 0 Å². The summed E-state index contributed by atoms with van der Waals surface area (Å²) in [5, 5.41) is 0. The topological polar surface area (TPSA) is 51.6 Å². The highest BCUT2D eigenvalue weighted by atomic mass is 16.5. The van der Waals surface area contributed by atoms with Gasteiger partial charge < -0.3 is 19.8 Å². The fraction of sp³-hybridized carbons (Fsp3) is 0.636. The van der Waals surface area contributed by atoms with Gasteiger partial charge in [-0.05, 0) is 33.1 Å². The van der Waals surface area contributed by atoms with Gasteiger partial charge in [-0.1, -0.05) is 0 Å². The third-order valence-corrected chi connectivity index (χ3v) is 2.08. The molecule has 0 unspecified atom stereocenters. The molecule has 0 aliphatic carbocycles. The molecule has 0 aromatic carbocycles. The Balaban J connectivity index is 2.09. The number of hydrogen-bond donors (Lipinski definition) is 1. The van der Waals surface area contributed by atoms with Gasteiger partial charge in [0.05, 0.1) is 6.26 Å². The van der Waals surface area contributed by atoms with Crippen molar-refractivity contribution in [3.05, 3.63) is 23.7 Å². The van der Waals surface area contributed by atoms with Crippen molar-refractivity contribution in [3.63, 3.8) is 0 Å². The highest BCUT2D eigenvalue weighted by molar-refractivity contribution is 5.11. The van der Waals surface area contributed by atoms with Crippen molar-refractivity contribution in [2.45, 2.75) is 19.6 Å². The number of ether oxygens (including phenoxy) is 1. The van der Waals surface area contributed by atoms with Crippen LogP contribution in [0.25, 0.3) is 0 Å². The predicted octanol–water partition coefficient (Wildman–Crippen LogP) is 1.21. The fourth-order valence-corrected chi connectivity index (χ4v) is 1.26. The zero-order chi connectivity index (χ0) is 11.1. The van der Waals surface area contributed by atoms with Crippen molar-refractivity contribution in [2.75, 3.05) is 27.2 Å². The highest BCUT2D eigenvalue weighted by Crippen LogP contribution is 2.08. The molecular formula is C11H20N2O2. The van der Waals surface area contributed by atoms with E-state index in [0.29, 0.717) is 13.2 Å². The Morgan fingerprint density at radius 1 is 1.47 bits per heavy atom. The van der Waals surface area contributed by atoms with Gasteiger partial charge in [0.15, 0.2) is 0 Å². The maximum absolute atomic E-state index is 5.47. The van der Waals surface area contributed by atoms with Crippen LogP contribution in [0.2, 0.25) is 0 Å². The molecule has 4 nitrogen and oxygen atoms in total. The van der Waals surface area contributed by atoms with E-state index in [9.17, 15) is 0 Å². The highest BCUT2D eigenvalue weighted by Gasteiger charge is 2.00. The standard InChI is InChI=1S/C11H20N2O2/c1-13(2)4-3-5-14-9-11-6-10(7-12)8-15-11/h6,8H,3-5,7,9,12H2,1-2H3. The lowest BCUT2D eigenvalue weighted by Gasteiger charge is -2.08. The second-order valence-corrected chi connectivity index (χ2v) is 3.83. The maximum atomic E-state index is 5.47. The molecule has 1 rings (SSSR count). The number of furan rings is 1. The first-order valence-electron chi connectivity index (χ1n) is 5.21. The summed E-state index contributed by atoms with van der Waals surface area (Å²) < 4.78 is 10.7. The van der Waals surface area contributed by atoms with Crippen LogP contribution in [0.5, 0.6) is 0 Å². The molecule has 4 heteroatoms. The van der Waals surface area contributed by atoms with Crippen molar-refractivity contribution in [1.82, 2.24) is 4.90 Å². The maximum Gasteiger partial charge on any atom is 0.129 e. The predicted molar refractivity (Wildman–Crippen MR) is 59.4 cm³/mol. The van der Waals surface area contributed by atoms with Gasteiger partial charge in [-0.15, -0.1) is 0 Å². The molecular weight excluding hydrogens is 192 g/mol. The zero-order valence-corrected chi connectivity index (χ0v) is 9.53. The SMILES string of the molecule is CN(C)CCCOCc1cc(CN)co1. The number of nitrogens with two attached hydrogens (primary N) is 1. The van der Waals surface area contributed by atoms with E-state index in [2.05, 4.69) is 19.0 Å². The molecule has 0 radical (unpaired) electrons. The third-order valence-electron chi connectivity index (χ3n) is 2.08. The summed E-state index contributed by atoms with van der Waals surface area (Å²) in [6.07, 6.45) is 2.72. The third kappa shape index (κ3) is 4.97. The fourth-order valence-electron chi connectivity index (χ4n) is 1.26. The van der Waals surface area contributed by atoms with E-state index in [0.717, 1.165) is 30.9 Å². The first-order chi connectivity index (χ1) is 7.22. The van der Waals surface area contributed by atoms with Gasteiger partial charge in [0.2, 0.25) is 0 Å². The normalized spacial score (nSPS) is 11.2. The molecule has 0 amide bonds. The number of hydrogen-bond acceptors (Lipinski definition) is 4. The molecule has 0 spiro atoms. The average molecular weight is 212 g/mol. The number of rotatable bonds is 7. The molecule has 0 saturated heterocycles. The minimum absolute atomic E-state index is 0.518. The van der Waals surface area contributed by atoms with Crippen LogP contribution in [0.4, 0.5) is 0 Å². The van der Waals surface area contributed by atoms with Crippen LogP contribution in [0.1, 0.15) is 17.7 Å². The van der Waals surface area contributed by atoms with Crippen LogP contribution < -0.4 is 5.73 Å². The molecule has 15 heavy (non-hydrogen) atoms. The van der Waals surface area contributed by atoms with E-state index in [1.165, 1.54) is 0 Å². The lowest BCUT2D eigenvalue weighted by atomic mass is 10.3. The summed E-state index contributed by atoms with van der Waals surface area (Å²) in [5.74, 6) is 0.848. The van der Waals surface area contributed by atoms with Gasteiger partial charge in [-0.2, -0.15) is 0 Å². The van der Waals surface area contributed by atoms with Gasteiger partial charge in [-0.25, -0.2) is 0 Å². The van der Waals surface area contributed by atoms with Crippen molar-refractivity contribution in [3.8, 4) is 0 Å².